The molecular weight excluding hydrogens is 202 g/mol. The highest BCUT2D eigenvalue weighted by atomic mass is 16.5. The van der Waals surface area contributed by atoms with E-state index in [0.717, 1.165) is 24.5 Å². The fourth-order valence-corrected chi connectivity index (χ4v) is 1.91. The highest BCUT2D eigenvalue weighted by Gasteiger charge is 2.18. The van der Waals surface area contributed by atoms with Gasteiger partial charge in [0.15, 0.2) is 0 Å². The first-order valence-corrected chi connectivity index (χ1v) is 5.49. The van der Waals surface area contributed by atoms with Crippen LogP contribution in [0.15, 0.2) is 36.1 Å². The molecule has 0 saturated heterocycles. The summed E-state index contributed by atoms with van der Waals surface area (Å²) in [6.07, 6.45) is 3.15. The molecular formula is C13H17NO2. The first-order chi connectivity index (χ1) is 7.85. The Bertz CT molecular complexity index is 370. The van der Waals surface area contributed by atoms with Gasteiger partial charge in [-0.2, -0.15) is 0 Å². The summed E-state index contributed by atoms with van der Waals surface area (Å²) in [6, 6.07) is 8.20. The summed E-state index contributed by atoms with van der Waals surface area (Å²) in [7, 11) is 3.62. The van der Waals surface area contributed by atoms with Gasteiger partial charge < -0.3 is 14.8 Å². The van der Waals surface area contributed by atoms with Crippen molar-refractivity contribution in [3.8, 4) is 5.75 Å². The Kier molecular flexibility index (Phi) is 3.47. The van der Waals surface area contributed by atoms with Crippen molar-refractivity contribution >= 4 is 0 Å². The van der Waals surface area contributed by atoms with Crippen molar-refractivity contribution < 1.29 is 9.47 Å². The molecule has 1 unspecified atom stereocenters. The molecule has 0 spiro atoms. The maximum atomic E-state index is 5.58. The third kappa shape index (κ3) is 2.19. The van der Waals surface area contributed by atoms with E-state index in [1.54, 1.807) is 7.11 Å². The Balaban J connectivity index is 2.19. The van der Waals surface area contributed by atoms with Crippen molar-refractivity contribution in [3.05, 3.63) is 41.7 Å². The average molecular weight is 219 g/mol. The van der Waals surface area contributed by atoms with Crippen LogP contribution in [0.25, 0.3) is 0 Å². The second kappa shape index (κ2) is 5.03. The predicted molar refractivity (Wildman–Crippen MR) is 63.4 cm³/mol. The zero-order chi connectivity index (χ0) is 11.4. The van der Waals surface area contributed by atoms with Crippen LogP contribution in [0.3, 0.4) is 0 Å². The summed E-state index contributed by atoms with van der Waals surface area (Å²) in [5.74, 6) is 1.90. The lowest BCUT2D eigenvalue weighted by molar-refractivity contribution is 0.218. The Morgan fingerprint density at radius 3 is 2.56 bits per heavy atom. The van der Waals surface area contributed by atoms with Gasteiger partial charge in [-0.25, -0.2) is 0 Å². The van der Waals surface area contributed by atoms with Gasteiger partial charge in [-0.15, -0.1) is 0 Å². The van der Waals surface area contributed by atoms with Crippen LogP contribution in [0.1, 0.15) is 18.0 Å². The van der Waals surface area contributed by atoms with Crippen LogP contribution in [0, 0.1) is 0 Å². The van der Waals surface area contributed by atoms with Crippen LogP contribution in [0.2, 0.25) is 0 Å². The second-order valence-electron chi connectivity index (χ2n) is 3.74. The van der Waals surface area contributed by atoms with Gasteiger partial charge in [0.05, 0.1) is 19.8 Å². The highest BCUT2D eigenvalue weighted by molar-refractivity contribution is 5.32. The number of ether oxygens (including phenoxy) is 2. The zero-order valence-electron chi connectivity index (χ0n) is 9.69. The lowest BCUT2D eigenvalue weighted by Gasteiger charge is -2.18. The Hall–Kier alpha value is -1.48. The van der Waals surface area contributed by atoms with Gasteiger partial charge in [0.1, 0.15) is 11.5 Å². The molecule has 3 heteroatoms. The number of likely N-dealkylation sites (N-methyl/N-ethyl adjacent to an activating group) is 1. The summed E-state index contributed by atoms with van der Waals surface area (Å²) in [6.45, 7) is 0.795. The molecule has 1 N–H and O–H groups in total. The summed E-state index contributed by atoms with van der Waals surface area (Å²) in [5, 5.41) is 3.26. The minimum absolute atomic E-state index is 0.147. The number of nitrogens with one attached hydrogen (secondary N) is 1. The van der Waals surface area contributed by atoms with Gasteiger partial charge in [-0.3, -0.25) is 0 Å². The van der Waals surface area contributed by atoms with Crippen LogP contribution in [-0.4, -0.2) is 20.8 Å². The monoisotopic (exact) mass is 219 g/mol. The van der Waals surface area contributed by atoms with Crippen LogP contribution in [0.5, 0.6) is 5.75 Å². The fourth-order valence-electron chi connectivity index (χ4n) is 1.91. The van der Waals surface area contributed by atoms with E-state index in [0.29, 0.717) is 0 Å². The summed E-state index contributed by atoms with van der Waals surface area (Å²) in [5.41, 5.74) is 1.19. The van der Waals surface area contributed by atoms with Gasteiger partial charge in [-0.1, -0.05) is 12.1 Å². The molecule has 1 heterocycles. The molecule has 2 rings (SSSR count). The van der Waals surface area contributed by atoms with E-state index in [4.69, 9.17) is 9.47 Å². The van der Waals surface area contributed by atoms with Crippen LogP contribution in [0.4, 0.5) is 0 Å². The van der Waals surface area contributed by atoms with Crippen LogP contribution in [-0.2, 0) is 4.74 Å². The van der Waals surface area contributed by atoms with Crippen LogP contribution < -0.4 is 10.1 Å². The molecule has 1 atom stereocenters. The number of methoxy groups -OCH3 is 1. The van der Waals surface area contributed by atoms with E-state index in [-0.39, 0.29) is 6.04 Å². The smallest absolute Gasteiger partial charge is 0.118 e. The Labute approximate surface area is 96.1 Å². The molecule has 0 aromatic heterocycles. The van der Waals surface area contributed by atoms with Crippen molar-refractivity contribution in [3.63, 3.8) is 0 Å². The van der Waals surface area contributed by atoms with E-state index in [1.807, 2.05) is 19.2 Å². The molecule has 0 amide bonds. The van der Waals surface area contributed by atoms with E-state index in [9.17, 15) is 0 Å². The summed E-state index contributed by atoms with van der Waals surface area (Å²) in [4.78, 5) is 0. The maximum Gasteiger partial charge on any atom is 0.118 e. The average Bonchev–Trinajstić information content (AvgIpc) is 2.85. The topological polar surface area (TPSA) is 30.5 Å². The number of hydrogen-bond acceptors (Lipinski definition) is 3. The summed E-state index contributed by atoms with van der Waals surface area (Å²) < 4.78 is 10.7. The third-order valence-corrected chi connectivity index (χ3v) is 2.75. The minimum atomic E-state index is 0.147. The van der Waals surface area contributed by atoms with E-state index in [1.165, 1.54) is 5.56 Å². The van der Waals surface area contributed by atoms with Gasteiger partial charge in [0.25, 0.3) is 0 Å². The van der Waals surface area contributed by atoms with Crippen molar-refractivity contribution in [2.45, 2.75) is 12.5 Å². The highest BCUT2D eigenvalue weighted by Crippen LogP contribution is 2.27. The third-order valence-electron chi connectivity index (χ3n) is 2.75. The van der Waals surface area contributed by atoms with E-state index >= 15 is 0 Å². The number of rotatable bonds is 4. The van der Waals surface area contributed by atoms with Crippen molar-refractivity contribution in [2.75, 3.05) is 20.8 Å². The van der Waals surface area contributed by atoms with Crippen LogP contribution >= 0.6 is 0 Å². The number of hydrogen-bond donors (Lipinski definition) is 1. The predicted octanol–water partition coefficient (Wildman–Crippen LogP) is 2.26. The molecule has 16 heavy (non-hydrogen) atoms. The molecule has 1 aliphatic heterocycles. The van der Waals surface area contributed by atoms with E-state index in [2.05, 4.69) is 23.5 Å². The molecule has 3 nitrogen and oxygen atoms in total. The molecule has 1 aliphatic rings. The van der Waals surface area contributed by atoms with Crippen molar-refractivity contribution in [2.24, 2.45) is 0 Å². The Morgan fingerprint density at radius 1 is 1.31 bits per heavy atom. The maximum absolute atomic E-state index is 5.58. The Morgan fingerprint density at radius 2 is 2.06 bits per heavy atom. The van der Waals surface area contributed by atoms with Gasteiger partial charge in [0, 0.05) is 6.42 Å². The zero-order valence-corrected chi connectivity index (χ0v) is 9.69. The largest absolute Gasteiger partial charge is 0.497 e. The SMILES string of the molecule is CNC(C1=CCCO1)c1ccc(OC)cc1. The lowest BCUT2D eigenvalue weighted by atomic mass is 10.0. The molecule has 86 valence electrons. The van der Waals surface area contributed by atoms with Gasteiger partial charge in [0.2, 0.25) is 0 Å². The molecule has 1 aromatic carbocycles. The van der Waals surface area contributed by atoms with Gasteiger partial charge >= 0.3 is 0 Å². The standard InChI is InChI=1S/C13H17NO2/c1-14-13(12-4-3-9-16-12)10-5-7-11(15-2)8-6-10/h4-8,13-14H,3,9H2,1-2H3. The number of benzene rings is 1. The molecule has 0 fully saturated rings. The molecule has 0 saturated carbocycles. The molecule has 0 aliphatic carbocycles. The first-order valence-electron chi connectivity index (χ1n) is 5.49. The molecule has 0 radical (unpaired) electrons. The second-order valence-corrected chi connectivity index (χ2v) is 3.74. The molecule has 1 aromatic rings. The van der Waals surface area contributed by atoms with Gasteiger partial charge in [-0.05, 0) is 30.8 Å². The normalized spacial score (nSPS) is 16.5. The first kappa shape index (κ1) is 11.0. The lowest BCUT2D eigenvalue weighted by Crippen LogP contribution is -2.18. The van der Waals surface area contributed by atoms with Crippen molar-refractivity contribution in [1.82, 2.24) is 5.32 Å². The fraction of sp³-hybridized carbons (Fsp3) is 0.385. The minimum Gasteiger partial charge on any atom is -0.497 e. The quantitative estimate of drug-likeness (QED) is 0.842. The van der Waals surface area contributed by atoms with Crippen molar-refractivity contribution in [1.29, 1.82) is 0 Å². The van der Waals surface area contributed by atoms with E-state index < -0.39 is 0 Å². The molecule has 0 bridgehead atoms. The summed E-state index contributed by atoms with van der Waals surface area (Å²) >= 11 is 0.